The molecule has 2 aliphatic rings. The van der Waals surface area contributed by atoms with Gasteiger partial charge in [0.05, 0.1) is 19.3 Å². The largest absolute Gasteiger partial charge is 0.394 e. The summed E-state index contributed by atoms with van der Waals surface area (Å²) in [5.41, 5.74) is 0. The third-order valence-electron chi connectivity index (χ3n) is 5.78. The van der Waals surface area contributed by atoms with Gasteiger partial charge in [0.15, 0.2) is 6.29 Å². The summed E-state index contributed by atoms with van der Waals surface area (Å²) in [5.74, 6) is 0. The standard InChI is InChI=1S/C21H38O8/c1-2-3-4-5-6-7-8-9-10-11-14-17(23)19(25)16(28-14)13-27-21-20(26)18(24)15(12-22)29-21/h2,14-26H,1,3-13H2/t14-,15-,16-,17-,18-,19-,20+,21+/m1/s1. The first-order chi connectivity index (χ1) is 14.0. The van der Waals surface area contributed by atoms with Crippen LogP contribution in [0.4, 0.5) is 0 Å². The molecule has 0 amide bonds. The molecular weight excluding hydrogens is 380 g/mol. The van der Waals surface area contributed by atoms with Crippen LogP contribution in [0.3, 0.4) is 0 Å². The maximum atomic E-state index is 10.2. The molecule has 170 valence electrons. The van der Waals surface area contributed by atoms with Crippen LogP contribution < -0.4 is 0 Å². The van der Waals surface area contributed by atoms with Gasteiger partial charge >= 0.3 is 0 Å². The van der Waals surface area contributed by atoms with Gasteiger partial charge in [-0.15, -0.1) is 6.58 Å². The highest BCUT2D eigenvalue weighted by atomic mass is 16.7. The van der Waals surface area contributed by atoms with Crippen molar-refractivity contribution in [2.24, 2.45) is 0 Å². The fraction of sp³-hybridized carbons (Fsp3) is 0.905. The molecule has 2 aliphatic heterocycles. The minimum Gasteiger partial charge on any atom is -0.394 e. The molecule has 29 heavy (non-hydrogen) atoms. The quantitative estimate of drug-likeness (QED) is 0.205. The van der Waals surface area contributed by atoms with Gasteiger partial charge in [0, 0.05) is 0 Å². The molecule has 0 saturated carbocycles. The summed E-state index contributed by atoms with van der Waals surface area (Å²) < 4.78 is 16.4. The Hall–Kier alpha value is -0.580. The zero-order chi connectivity index (χ0) is 21.2. The van der Waals surface area contributed by atoms with E-state index in [0.717, 1.165) is 25.7 Å². The molecule has 8 atom stereocenters. The molecule has 0 aromatic carbocycles. The van der Waals surface area contributed by atoms with Crippen molar-refractivity contribution in [1.29, 1.82) is 0 Å². The van der Waals surface area contributed by atoms with Gasteiger partial charge in [-0.05, 0) is 19.3 Å². The molecule has 2 fully saturated rings. The number of rotatable bonds is 14. The lowest BCUT2D eigenvalue weighted by Crippen LogP contribution is -2.38. The van der Waals surface area contributed by atoms with E-state index in [-0.39, 0.29) is 6.61 Å². The molecule has 0 aromatic heterocycles. The molecule has 8 nitrogen and oxygen atoms in total. The molecule has 0 aliphatic carbocycles. The smallest absolute Gasteiger partial charge is 0.186 e. The average Bonchev–Trinajstić information content (AvgIpc) is 3.15. The lowest BCUT2D eigenvalue weighted by Gasteiger charge is -2.20. The van der Waals surface area contributed by atoms with Crippen molar-refractivity contribution in [1.82, 2.24) is 0 Å². The Morgan fingerprint density at radius 1 is 0.724 bits per heavy atom. The Labute approximate surface area is 173 Å². The lowest BCUT2D eigenvalue weighted by molar-refractivity contribution is -0.188. The fourth-order valence-corrected chi connectivity index (χ4v) is 3.91. The van der Waals surface area contributed by atoms with Crippen LogP contribution in [0, 0.1) is 0 Å². The molecule has 2 rings (SSSR count). The van der Waals surface area contributed by atoms with E-state index in [0.29, 0.717) is 6.42 Å². The number of unbranched alkanes of at least 4 members (excludes halogenated alkanes) is 7. The second-order valence-corrected chi connectivity index (χ2v) is 8.08. The van der Waals surface area contributed by atoms with Gasteiger partial charge in [-0.2, -0.15) is 0 Å². The van der Waals surface area contributed by atoms with E-state index in [2.05, 4.69) is 6.58 Å². The van der Waals surface area contributed by atoms with Gasteiger partial charge in [0.25, 0.3) is 0 Å². The minimum atomic E-state index is -1.29. The Balaban J connectivity index is 1.61. The molecule has 0 bridgehead atoms. The van der Waals surface area contributed by atoms with Crippen molar-refractivity contribution >= 4 is 0 Å². The van der Waals surface area contributed by atoms with E-state index in [9.17, 15) is 20.4 Å². The second kappa shape index (κ2) is 13.0. The summed E-state index contributed by atoms with van der Waals surface area (Å²) in [6.45, 7) is 3.20. The van der Waals surface area contributed by atoms with E-state index in [1.807, 2.05) is 6.08 Å². The van der Waals surface area contributed by atoms with Crippen molar-refractivity contribution in [2.75, 3.05) is 13.2 Å². The maximum Gasteiger partial charge on any atom is 0.186 e. The van der Waals surface area contributed by atoms with Crippen molar-refractivity contribution < 1.29 is 39.7 Å². The topological polar surface area (TPSA) is 129 Å². The molecule has 8 heteroatoms. The first-order valence-electron chi connectivity index (χ1n) is 10.9. The molecule has 5 N–H and O–H groups in total. The number of allylic oxidation sites excluding steroid dienone is 1. The summed E-state index contributed by atoms with van der Waals surface area (Å²) in [6, 6.07) is 0. The zero-order valence-corrected chi connectivity index (χ0v) is 17.1. The number of aliphatic hydroxyl groups excluding tert-OH is 5. The first-order valence-corrected chi connectivity index (χ1v) is 10.9. The van der Waals surface area contributed by atoms with Crippen LogP contribution in [-0.2, 0) is 14.2 Å². The normalized spacial score (nSPS) is 37.3. The van der Waals surface area contributed by atoms with Crippen LogP contribution in [-0.4, -0.2) is 87.8 Å². The molecule has 0 radical (unpaired) electrons. The monoisotopic (exact) mass is 418 g/mol. The van der Waals surface area contributed by atoms with Crippen LogP contribution in [0.5, 0.6) is 0 Å². The van der Waals surface area contributed by atoms with Crippen LogP contribution in [0.1, 0.15) is 57.8 Å². The Kier molecular flexibility index (Phi) is 11.0. The zero-order valence-electron chi connectivity index (χ0n) is 17.1. The summed E-state index contributed by atoms with van der Waals surface area (Å²) in [4.78, 5) is 0. The number of hydrogen-bond acceptors (Lipinski definition) is 8. The van der Waals surface area contributed by atoms with E-state index >= 15 is 0 Å². The lowest BCUT2D eigenvalue weighted by atomic mass is 10.0. The summed E-state index contributed by atoms with van der Waals surface area (Å²) >= 11 is 0. The molecule has 0 aromatic rings. The van der Waals surface area contributed by atoms with Gasteiger partial charge < -0.3 is 39.7 Å². The van der Waals surface area contributed by atoms with Crippen molar-refractivity contribution in [2.45, 2.75) is 107 Å². The summed E-state index contributed by atoms with van der Waals surface area (Å²) in [6.07, 6.45) is 3.92. The minimum absolute atomic E-state index is 0.0912. The number of aliphatic hydroxyl groups is 5. The third-order valence-corrected chi connectivity index (χ3v) is 5.78. The van der Waals surface area contributed by atoms with E-state index < -0.39 is 55.6 Å². The first kappa shape index (κ1) is 24.7. The highest BCUT2D eigenvalue weighted by Crippen LogP contribution is 2.28. The predicted molar refractivity (Wildman–Crippen MR) is 106 cm³/mol. The van der Waals surface area contributed by atoms with Crippen molar-refractivity contribution in [3.63, 3.8) is 0 Å². The predicted octanol–water partition coefficient (Wildman–Crippen LogP) is 0.628. The van der Waals surface area contributed by atoms with Crippen LogP contribution in [0.15, 0.2) is 12.7 Å². The number of hydrogen-bond donors (Lipinski definition) is 5. The van der Waals surface area contributed by atoms with Crippen LogP contribution >= 0.6 is 0 Å². The molecule has 2 saturated heterocycles. The molecule has 2 heterocycles. The fourth-order valence-electron chi connectivity index (χ4n) is 3.91. The van der Waals surface area contributed by atoms with Crippen molar-refractivity contribution in [3.05, 3.63) is 12.7 Å². The Bertz CT molecular complexity index is 462. The Morgan fingerprint density at radius 3 is 1.93 bits per heavy atom. The van der Waals surface area contributed by atoms with E-state index in [1.165, 1.54) is 25.7 Å². The third kappa shape index (κ3) is 7.25. The van der Waals surface area contributed by atoms with E-state index in [1.54, 1.807) is 0 Å². The number of ether oxygens (including phenoxy) is 3. The van der Waals surface area contributed by atoms with Crippen LogP contribution in [0.2, 0.25) is 0 Å². The highest BCUT2D eigenvalue weighted by Gasteiger charge is 2.46. The summed E-state index contributed by atoms with van der Waals surface area (Å²) in [7, 11) is 0. The van der Waals surface area contributed by atoms with Gasteiger partial charge in [0.2, 0.25) is 0 Å². The van der Waals surface area contributed by atoms with Crippen molar-refractivity contribution in [3.8, 4) is 0 Å². The second-order valence-electron chi connectivity index (χ2n) is 8.08. The van der Waals surface area contributed by atoms with Gasteiger partial charge in [-0.1, -0.05) is 44.6 Å². The Morgan fingerprint density at radius 2 is 1.31 bits per heavy atom. The molecule has 0 unspecified atom stereocenters. The van der Waals surface area contributed by atoms with Gasteiger partial charge in [-0.25, -0.2) is 0 Å². The van der Waals surface area contributed by atoms with E-state index in [4.69, 9.17) is 19.3 Å². The molecular formula is C21H38O8. The SMILES string of the molecule is C=CCCCCCCCCC[C@H]1O[C@H](CO[C@H]2O[C@H](CO)[C@@H](O)[C@@H]2O)[C@@H](O)[C@@H]1O. The average molecular weight is 419 g/mol. The maximum absolute atomic E-state index is 10.2. The van der Waals surface area contributed by atoms with Gasteiger partial charge in [-0.3, -0.25) is 0 Å². The van der Waals surface area contributed by atoms with Gasteiger partial charge in [0.1, 0.15) is 36.6 Å². The summed E-state index contributed by atoms with van der Waals surface area (Å²) in [5, 5.41) is 49.1. The molecule has 0 spiro atoms. The highest BCUT2D eigenvalue weighted by molar-refractivity contribution is 4.91. The van der Waals surface area contributed by atoms with Crippen LogP contribution in [0.25, 0.3) is 0 Å².